The molecule has 15 N–H and O–H groups in total. The second-order valence-electron chi connectivity index (χ2n) is 12.9. The molecule has 2 rings (SSSR count). The van der Waals surface area contributed by atoms with Gasteiger partial charge in [-0.1, -0.05) is 26.0 Å². The molecule has 0 saturated carbocycles. The number of phenols is 1. The van der Waals surface area contributed by atoms with Gasteiger partial charge in [-0.25, -0.2) is 9.78 Å². The van der Waals surface area contributed by atoms with E-state index >= 15 is 0 Å². The van der Waals surface area contributed by atoms with E-state index in [0.717, 1.165) is 6.92 Å². The van der Waals surface area contributed by atoms with Crippen LogP contribution < -0.4 is 43.4 Å². The molecule has 0 radical (unpaired) electrons. The van der Waals surface area contributed by atoms with E-state index in [4.69, 9.17) is 11.5 Å². The maximum Gasteiger partial charge on any atom is 0.326 e. The number of rotatable bonds is 22. The maximum atomic E-state index is 13.4. The Kier molecular flexibility index (Phi) is 17.6. The zero-order valence-corrected chi connectivity index (χ0v) is 30.3. The molecule has 1 aromatic heterocycles. The number of aliphatic hydroxyl groups is 2. The first kappa shape index (κ1) is 45.0. The Labute approximate surface area is 314 Å². The largest absolute Gasteiger partial charge is 0.508 e. The molecular formula is C33H48N10O12. The fourth-order valence-electron chi connectivity index (χ4n) is 4.90. The van der Waals surface area contributed by atoms with Crippen molar-refractivity contribution in [2.45, 2.75) is 82.4 Å². The molecule has 2 aromatic rings. The number of hydrogen-bond donors (Lipinski definition) is 13. The molecule has 0 unspecified atom stereocenters. The number of aliphatic carboxylic acids is 1. The second kappa shape index (κ2) is 21.5. The lowest BCUT2D eigenvalue weighted by Gasteiger charge is -2.28. The van der Waals surface area contributed by atoms with Crippen molar-refractivity contribution in [3.05, 3.63) is 48.0 Å². The van der Waals surface area contributed by atoms with Gasteiger partial charge in [0.25, 0.3) is 0 Å². The van der Waals surface area contributed by atoms with E-state index in [2.05, 4.69) is 41.9 Å². The van der Waals surface area contributed by atoms with Gasteiger partial charge in [0.15, 0.2) is 0 Å². The number of phenolic OH excluding ortho intramolecular Hbond substituents is 1. The zero-order chi connectivity index (χ0) is 41.4. The minimum absolute atomic E-state index is 0.0480. The number of nitrogens with two attached hydrogens (primary N) is 2. The van der Waals surface area contributed by atoms with Crippen LogP contribution in [0.3, 0.4) is 0 Å². The minimum atomic E-state index is -1.68. The highest BCUT2D eigenvalue weighted by Gasteiger charge is 2.35. The summed E-state index contributed by atoms with van der Waals surface area (Å²) in [5.74, 6) is -8.97. The predicted octanol–water partition coefficient (Wildman–Crippen LogP) is -5.24. The van der Waals surface area contributed by atoms with Crippen LogP contribution in [0.5, 0.6) is 5.75 Å². The van der Waals surface area contributed by atoms with Crippen molar-refractivity contribution in [3.8, 4) is 5.75 Å². The first-order valence-electron chi connectivity index (χ1n) is 16.9. The third kappa shape index (κ3) is 15.0. The summed E-state index contributed by atoms with van der Waals surface area (Å²) < 4.78 is 0. The Bertz CT molecular complexity index is 1650. The number of benzene rings is 1. The summed E-state index contributed by atoms with van der Waals surface area (Å²) in [4.78, 5) is 108. The quantitative estimate of drug-likeness (QED) is 0.0532. The van der Waals surface area contributed by atoms with Crippen LogP contribution in [0.1, 0.15) is 38.4 Å². The average Bonchev–Trinajstić information content (AvgIpc) is 3.63. The van der Waals surface area contributed by atoms with Gasteiger partial charge in [-0.05, 0) is 30.5 Å². The highest BCUT2D eigenvalue weighted by Crippen LogP contribution is 2.12. The number of aliphatic hydroxyl groups excluding tert-OH is 2. The Hall–Kier alpha value is -6.13. The summed E-state index contributed by atoms with van der Waals surface area (Å²) >= 11 is 0. The highest BCUT2D eigenvalue weighted by molar-refractivity contribution is 5.97. The lowest BCUT2D eigenvalue weighted by atomic mass is 10.0. The number of carbonyl (C=O) groups excluding carboxylic acids is 7. The fraction of sp³-hybridized carbons (Fsp3) is 0.485. The first-order chi connectivity index (χ1) is 25.8. The SMILES string of the molecule is CC(C)[C@H](NC(=O)[C@@H](NC(=O)CNC(=O)[C@H](Cc1ccc(O)cc1)NC(=O)[C@@H](N)CO)[C@@H](C)O)C(=O)N[C@@H](CC(N)=O)C(=O)N[C@@H](Cc1cnc[nH]1)C(=O)O. The summed E-state index contributed by atoms with van der Waals surface area (Å²) in [6.45, 7) is 2.74. The Morgan fingerprint density at radius 1 is 0.782 bits per heavy atom. The van der Waals surface area contributed by atoms with Crippen LogP contribution in [0.4, 0.5) is 0 Å². The van der Waals surface area contributed by atoms with E-state index in [1.54, 1.807) is 0 Å². The molecular weight excluding hydrogens is 728 g/mol. The molecule has 0 spiro atoms. The van der Waals surface area contributed by atoms with Crippen LogP contribution in [-0.2, 0) is 51.2 Å². The Morgan fingerprint density at radius 3 is 1.91 bits per heavy atom. The monoisotopic (exact) mass is 776 g/mol. The number of imidazole rings is 1. The summed E-state index contributed by atoms with van der Waals surface area (Å²) in [6.07, 6.45) is 0.0390. The van der Waals surface area contributed by atoms with Crippen molar-refractivity contribution >= 4 is 47.3 Å². The van der Waals surface area contributed by atoms with Crippen LogP contribution in [0, 0.1) is 5.92 Å². The van der Waals surface area contributed by atoms with E-state index in [9.17, 15) is 58.8 Å². The van der Waals surface area contributed by atoms with Gasteiger partial charge in [-0.3, -0.25) is 33.6 Å². The molecule has 302 valence electrons. The molecule has 1 heterocycles. The zero-order valence-electron chi connectivity index (χ0n) is 30.3. The average molecular weight is 777 g/mol. The van der Waals surface area contributed by atoms with Crippen molar-refractivity contribution in [2.75, 3.05) is 13.2 Å². The molecule has 7 atom stereocenters. The molecule has 0 aliphatic heterocycles. The molecule has 0 aliphatic rings. The molecule has 0 saturated heterocycles. The number of H-pyrrole nitrogens is 1. The van der Waals surface area contributed by atoms with Gasteiger partial charge >= 0.3 is 5.97 Å². The number of carboxylic acids is 1. The van der Waals surface area contributed by atoms with Gasteiger partial charge in [-0.2, -0.15) is 0 Å². The van der Waals surface area contributed by atoms with Crippen molar-refractivity contribution in [2.24, 2.45) is 17.4 Å². The van der Waals surface area contributed by atoms with Gasteiger partial charge in [0, 0.05) is 24.7 Å². The summed E-state index contributed by atoms with van der Waals surface area (Å²) in [5, 5.41) is 52.6. The predicted molar refractivity (Wildman–Crippen MR) is 190 cm³/mol. The van der Waals surface area contributed by atoms with Crippen LogP contribution >= 0.6 is 0 Å². The number of hydrogen-bond acceptors (Lipinski definition) is 13. The molecule has 55 heavy (non-hydrogen) atoms. The maximum absolute atomic E-state index is 13.4. The molecule has 0 fully saturated rings. The van der Waals surface area contributed by atoms with E-state index in [0.29, 0.717) is 11.3 Å². The lowest BCUT2D eigenvalue weighted by molar-refractivity contribution is -0.142. The van der Waals surface area contributed by atoms with Crippen LogP contribution in [0.2, 0.25) is 0 Å². The Morgan fingerprint density at radius 2 is 1.38 bits per heavy atom. The number of aromatic hydroxyl groups is 1. The van der Waals surface area contributed by atoms with E-state index < -0.39 is 115 Å². The molecule has 7 amide bonds. The number of carboxylic acid groups (broad SMARTS) is 1. The van der Waals surface area contributed by atoms with Crippen LogP contribution in [0.25, 0.3) is 0 Å². The Balaban J connectivity index is 2.12. The first-order valence-corrected chi connectivity index (χ1v) is 16.9. The van der Waals surface area contributed by atoms with Crippen molar-refractivity contribution in [3.63, 3.8) is 0 Å². The summed E-state index contributed by atoms with van der Waals surface area (Å²) in [5.41, 5.74) is 11.7. The third-order valence-corrected chi connectivity index (χ3v) is 7.93. The number of nitrogens with zero attached hydrogens (tertiary/aromatic N) is 1. The minimum Gasteiger partial charge on any atom is -0.508 e. The van der Waals surface area contributed by atoms with Gasteiger partial charge < -0.3 is 68.8 Å². The van der Waals surface area contributed by atoms with Crippen molar-refractivity contribution in [1.29, 1.82) is 0 Å². The van der Waals surface area contributed by atoms with Crippen molar-refractivity contribution < 1.29 is 58.8 Å². The normalized spacial score (nSPS) is 14.8. The highest BCUT2D eigenvalue weighted by atomic mass is 16.4. The van der Waals surface area contributed by atoms with Crippen molar-refractivity contribution in [1.82, 2.24) is 41.9 Å². The molecule has 22 heteroatoms. The van der Waals surface area contributed by atoms with E-state index in [1.807, 2.05) is 0 Å². The standard InChI is InChI=1S/C33H48N10O12/c1-15(2)26(31(52)40-22(10-24(35)47)30(51)41-23(33(54)55)9-18-11-36-14-38-18)43-32(53)27(16(3)45)42-25(48)12-37-29(50)21(39-28(49)20(34)13-44)8-17-4-6-19(46)7-5-17/h4-7,11,14-16,20-23,26-27,44-46H,8-10,12-13,34H2,1-3H3,(H2,35,47)(H,36,38)(H,37,50)(H,39,49)(H,40,52)(H,41,51)(H,42,48)(H,43,53)(H,54,55)/t16-,20+,21+,22+,23+,26+,27+/m1/s1. The van der Waals surface area contributed by atoms with Gasteiger partial charge in [0.2, 0.25) is 41.4 Å². The van der Waals surface area contributed by atoms with E-state index in [-0.39, 0.29) is 18.6 Å². The number of nitrogens with one attached hydrogen (secondary N) is 7. The number of aromatic amines is 1. The molecule has 0 bridgehead atoms. The van der Waals surface area contributed by atoms with Crippen LogP contribution in [0.15, 0.2) is 36.8 Å². The summed E-state index contributed by atoms with van der Waals surface area (Å²) in [6, 6.07) is -3.23. The number of carbonyl (C=O) groups is 8. The number of primary amides is 1. The van der Waals surface area contributed by atoms with Gasteiger partial charge in [0.1, 0.15) is 42.0 Å². The fourth-order valence-corrected chi connectivity index (χ4v) is 4.90. The van der Waals surface area contributed by atoms with Crippen LogP contribution in [-0.4, -0.2) is 133 Å². The number of amides is 7. The summed E-state index contributed by atoms with van der Waals surface area (Å²) in [7, 11) is 0. The molecule has 22 nitrogen and oxygen atoms in total. The second-order valence-corrected chi connectivity index (χ2v) is 12.9. The lowest BCUT2D eigenvalue weighted by Crippen LogP contribution is -2.61. The molecule has 0 aliphatic carbocycles. The van der Waals surface area contributed by atoms with Gasteiger partial charge in [-0.15, -0.1) is 0 Å². The molecule has 1 aromatic carbocycles. The van der Waals surface area contributed by atoms with E-state index in [1.165, 1.54) is 50.6 Å². The topological polar surface area (TPSA) is 370 Å². The number of aromatic nitrogens is 2. The third-order valence-electron chi connectivity index (χ3n) is 7.93. The smallest absolute Gasteiger partial charge is 0.326 e. The van der Waals surface area contributed by atoms with Gasteiger partial charge in [0.05, 0.1) is 32.0 Å².